The van der Waals surface area contributed by atoms with E-state index in [0.717, 1.165) is 5.56 Å². The SMILES string of the molecule is C[C@H](c1ccccc1)c1nnc(CCl)o1. The molecule has 2 rings (SSSR count). The van der Waals surface area contributed by atoms with E-state index >= 15 is 0 Å². The fraction of sp³-hybridized carbons (Fsp3) is 0.273. The molecule has 0 amide bonds. The summed E-state index contributed by atoms with van der Waals surface area (Å²) in [6.07, 6.45) is 0. The maximum absolute atomic E-state index is 5.59. The van der Waals surface area contributed by atoms with Crippen LogP contribution in [-0.4, -0.2) is 10.2 Å². The van der Waals surface area contributed by atoms with Gasteiger partial charge in [-0.05, 0) is 12.5 Å². The van der Waals surface area contributed by atoms with E-state index in [2.05, 4.69) is 10.2 Å². The van der Waals surface area contributed by atoms with Crippen LogP contribution in [0.3, 0.4) is 0 Å². The Labute approximate surface area is 93.1 Å². The van der Waals surface area contributed by atoms with E-state index in [0.29, 0.717) is 11.8 Å². The van der Waals surface area contributed by atoms with Gasteiger partial charge in [0.1, 0.15) is 5.88 Å². The molecule has 0 N–H and O–H groups in total. The van der Waals surface area contributed by atoms with Crippen LogP contribution >= 0.6 is 11.6 Å². The normalized spacial score (nSPS) is 12.7. The first-order valence-corrected chi connectivity index (χ1v) is 5.28. The number of benzene rings is 1. The summed E-state index contributed by atoms with van der Waals surface area (Å²) in [6.45, 7) is 2.03. The third kappa shape index (κ3) is 2.18. The molecule has 1 aromatic carbocycles. The summed E-state index contributed by atoms with van der Waals surface area (Å²) in [5, 5.41) is 7.79. The van der Waals surface area contributed by atoms with Gasteiger partial charge in [-0.25, -0.2) is 0 Å². The average molecular weight is 223 g/mol. The lowest BCUT2D eigenvalue weighted by atomic mass is 10.0. The number of aromatic nitrogens is 2. The number of hydrogen-bond donors (Lipinski definition) is 0. The summed E-state index contributed by atoms with van der Waals surface area (Å²) in [6, 6.07) is 10.0. The number of halogens is 1. The molecule has 0 bridgehead atoms. The van der Waals surface area contributed by atoms with Crippen molar-refractivity contribution in [1.29, 1.82) is 0 Å². The first-order valence-electron chi connectivity index (χ1n) is 4.74. The Morgan fingerprint density at radius 2 is 2.00 bits per heavy atom. The summed E-state index contributed by atoms with van der Waals surface area (Å²) in [5.74, 6) is 1.44. The lowest BCUT2D eigenvalue weighted by Crippen LogP contribution is -1.95. The monoisotopic (exact) mass is 222 g/mol. The van der Waals surface area contributed by atoms with E-state index in [4.69, 9.17) is 16.0 Å². The zero-order valence-corrected chi connectivity index (χ0v) is 9.11. The molecule has 3 nitrogen and oxygen atoms in total. The van der Waals surface area contributed by atoms with E-state index in [-0.39, 0.29) is 11.8 Å². The van der Waals surface area contributed by atoms with Crippen molar-refractivity contribution in [3.63, 3.8) is 0 Å². The van der Waals surface area contributed by atoms with E-state index in [9.17, 15) is 0 Å². The molecular formula is C11H11ClN2O. The van der Waals surface area contributed by atoms with Crippen LogP contribution in [0.15, 0.2) is 34.7 Å². The van der Waals surface area contributed by atoms with Gasteiger partial charge in [-0.15, -0.1) is 21.8 Å². The van der Waals surface area contributed by atoms with Gasteiger partial charge in [0.25, 0.3) is 0 Å². The van der Waals surface area contributed by atoms with Crippen molar-refractivity contribution in [2.24, 2.45) is 0 Å². The summed E-state index contributed by atoms with van der Waals surface area (Å²) in [5.41, 5.74) is 1.15. The van der Waals surface area contributed by atoms with E-state index in [1.807, 2.05) is 37.3 Å². The van der Waals surface area contributed by atoms with E-state index in [1.165, 1.54) is 0 Å². The minimum Gasteiger partial charge on any atom is -0.423 e. The standard InChI is InChI=1S/C11H11ClN2O/c1-8(9-5-3-2-4-6-9)11-14-13-10(7-12)15-11/h2-6,8H,7H2,1H3/t8-/m1/s1. The van der Waals surface area contributed by atoms with E-state index in [1.54, 1.807) is 0 Å². The first kappa shape index (κ1) is 10.2. The van der Waals surface area contributed by atoms with Crippen molar-refractivity contribution in [1.82, 2.24) is 10.2 Å². The zero-order chi connectivity index (χ0) is 10.7. The van der Waals surface area contributed by atoms with Gasteiger partial charge < -0.3 is 4.42 Å². The Hall–Kier alpha value is -1.35. The molecule has 15 heavy (non-hydrogen) atoms. The lowest BCUT2D eigenvalue weighted by molar-refractivity contribution is 0.452. The second-order valence-electron chi connectivity index (χ2n) is 3.30. The Morgan fingerprint density at radius 3 is 2.60 bits per heavy atom. The van der Waals surface area contributed by atoms with Gasteiger partial charge in [-0.1, -0.05) is 30.3 Å². The molecule has 0 saturated heterocycles. The van der Waals surface area contributed by atoms with Crippen molar-refractivity contribution < 1.29 is 4.42 Å². The van der Waals surface area contributed by atoms with Gasteiger partial charge in [0.05, 0.1) is 5.92 Å². The van der Waals surface area contributed by atoms with Crippen molar-refractivity contribution >= 4 is 11.6 Å². The predicted octanol–water partition coefficient (Wildman–Crippen LogP) is 2.96. The van der Waals surface area contributed by atoms with Crippen molar-refractivity contribution in [3.8, 4) is 0 Å². The Kier molecular flexibility index (Phi) is 3.02. The van der Waals surface area contributed by atoms with Crippen molar-refractivity contribution in [2.45, 2.75) is 18.7 Å². The van der Waals surface area contributed by atoms with Gasteiger partial charge in [-0.3, -0.25) is 0 Å². The maximum Gasteiger partial charge on any atom is 0.231 e. The first-order chi connectivity index (χ1) is 7.31. The number of rotatable bonds is 3. The molecule has 0 unspecified atom stereocenters. The fourth-order valence-electron chi connectivity index (χ4n) is 1.38. The smallest absolute Gasteiger partial charge is 0.231 e. The Balaban J connectivity index is 2.24. The highest BCUT2D eigenvalue weighted by Crippen LogP contribution is 2.22. The minimum atomic E-state index is 0.107. The highest BCUT2D eigenvalue weighted by Gasteiger charge is 2.14. The second kappa shape index (κ2) is 4.45. The van der Waals surface area contributed by atoms with Crippen LogP contribution < -0.4 is 0 Å². The molecule has 2 aromatic rings. The van der Waals surface area contributed by atoms with Crippen LogP contribution in [-0.2, 0) is 5.88 Å². The molecule has 78 valence electrons. The van der Waals surface area contributed by atoms with Gasteiger partial charge in [0.15, 0.2) is 0 Å². The van der Waals surface area contributed by atoms with Crippen LogP contribution in [0.1, 0.15) is 30.2 Å². The third-order valence-electron chi connectivity index (χ3n) is 2.27. The lowest BCUT2D eigenvalue weighted by Gasteiger charge is -2.05. The van der Waals surface area contributed by atoms with Gasteiger partial charge in [0.2, 0.25) is 11.8 Å². The largest absolute Gasteiger partial charge is 0.423 e. The molecule has 4 heteroatoms. The molecule has 0 fully saturated rings. The van der Waals surface area contributed by atoms with Crippen molar-refractivity contribution in [3.05, 3.63) is 47.7 Å². The van der Waals surface area contributed by atoms with Crippen LogP contribution in [0.4, 0.5) is 0 Å². The third-order valence-corrected chi connectivity index (χ3v) is 2.50. The number of hydrogen-bond acceptors (Lipinski definition) is 3. The summed E-state index contributed by atoms with van der Waals surface area (Å²) >= 11 is 5.59. The topological polar surface area (TPSA) is 38.9 Å². The second-order valence-corrected chi connectivity index (χ2v) is 3.57. The highest BCUT2D eigenvalue weighted by molar-refractivity contribution is 6.16. The Bertz CT molecular complexity index is 427. The van der Waals surface area contributed by atoms with Crippen LogP contribution in [0.25, 0.3) is 0 Å². The van der Waals surface area contributed by atoms with E-state index < -0.39 is 0 Å². The average Bonchev–Trinajstić information content (AvgIpc) is 2.78. The summed E-state index contributed by atoms with van der Waals surface area (Å²) in [7, 11) is 0. The molecule has 0 spiro atoms. The van der Waals surface area contributed by atoms with Gasteiger partial charge in [0, 0.05) is 0 Å². The molecule has 0 aliphatic heterocycles. The molecule has 0 aliphatic rings. The highest BCUT2D eigenvalue weighted by atomic mass is 35.5. The number of alkyl halides is 1. The zero-order valence-electron chi connectivity index (χ0n) is 8.35. The molecule has 1 aromatic heterocycles. The van der Waals surface area contributed by atoms with Crippen LogP contribution in [0.5, 0.6) is 0 Å². The van der Waals surface area contributed by atoms with Crippen LogP contribution in [0.2, 0.25) is 0 Å². The quantitative estimate of drug-likeness (QED) is 0.750. The maximum atomic E-state index is 5.59. The molecule has 0 aliphatic carbocycles. The summed E-state index contributed by atoms with van der Waals surface area (Å²) < 4.78 is 5.39. The van der Waals surface area contributed by atoms with Crippen LogP contribution in [0, 0.1) is 0 Å². The molecule has 1 heterocycles. The van der Waals surface area contributed by atoms with Crippen molar-refractivity contribution in [2.75, 3.05) is 0 Å². The molecule has 1 atom stereocenters. The predicted molar refractivity (Wildman–Crippen MR) is 57.8 cm³/mol. The molecular weight excluding hydrogens is 212 g/mol. The molecule has 0 saturated carbocycles. The van der Waals surface area contributed by atoms with Gasteiger partial charge in [-0.2, -0.15) is 0 Å². The summed E-state index contributed by atoms with van der Waals surface area (Å²) in [4.78, 5) is 0. The molecule has 0 radical (unpaired) electrons. The Morgan fingerprint density at radius 1 is 1.27 bits per heavy atom. The minimum absolute atomic E-state index is 0.107. The van der Waals surface area contributed by atoms with Gasteiger partial charge >= 0.3 is 0 Å². The number of nitrogens with zero attached hydrogens (tertiary/aromatic N) is 2. The fourth-order valence-corrected chi connectivity index (χ4v) is 1.49.